The first-order valence-corrected chi connectivity index (χ1v) is 7.63. The van der Waals surface area contributed by atoms with Gasteiger partial charge in [-0.15, -0.1) is 11.3 Å². The number of nitrogen functional groups attached to an aromatic ring is 1. The molecule has 3 rings (SSSR count). The fraction of sp³-hybridized carbons (Fsp3) is 0.0625. The normalized spacial score (nSPS) is 10.7. The minimum Gasteiger partial charge on any atom is -0.397 e. The Labute approximate surface area is 136 Å². The van der Waals surface area contributed by atoms with E-state index in [4.69, 9.17) is 11.5 Å². The van der Waals surface area contributed by atoms with E-state index in [0.29, 0.717) is 16.1 Å². The van der Waals surface area contributed by atoms with Crippen LogP contribution in [0.4, 0.5) is 5.69 Å². The molecule has 3 aromatic rings. The molecule has 6 nitrogen and oxygen atoms in total. The fourth-order valence-electron chi connectivity index (χ4n) is 2.42. The van der Waals surface area contributed by atoms with Gasteiger partial charge in [0.15, 0.2) is 0 Å². The predicted molar refractivity (Wildman–Crippen MR) is 91.4 cm³/mol. The quantitative estimate of drug-likeness (QED) is 0.683. The van der Waals surface area contributed by atoms with Gasteiger partial charge >= 0.3 is 0 Å². The van der Waals surface area contributed by atoms with Gasteiger partial charge in [0.25, 0.3) is 11.8 Å². The average Bonchev–Trinajstić information content (AvgIpc) is 2.92. The third kappa shape index (κ3) is 2.51. The lowest BCUT2D eigenvalue weighted by atomic mass is 10.0. The zero-order chi connectivity index (χ0) is 16.6. The number of rotatable bonds is 3. The van der Waals surface area contributed by atoms with E-state index in [1.165, 1.54) is 11.3 Å². The highest BCUT2D eigenvalue weighted by atomic mass is 32.1. The highest BCUT2D eigenvalue weighted by Gasteiger charge is 2.17. The highest BCUT2D eigenvalue weighted by molar-refractivity contribution is 7.21. The van der Waals surface area contributed by atoms with E-state index in [9.17, 15) is 9.59 Å². The van der Waals surface area contributed by atoms with E-state index in [1.807, 2.05) is 12.1 Å². The maximum Gasteiger partial charge on any atom is 0.260 e. The van der Waals surface area contributed by atoms with E-state index < -0.39 is 5.91 Å². The van der Waals surface area contributed by atoms with Gasteiger partial charge in [0, 0.05) is 36.0 Å². The highest BCUT2D eigenvalue weighted by Crippen LogP contribution is 2.39. The summed E-state index contributed by atoms with van der Waals surface area (Å²) >= 11 is 1.23. The molecule has 5 N–H and O–H groups in total. The van der Waals surface area contributed by atoms with Crippen molar-refractivity contribution in [3.8, 4) is 11.1 Å². The van der Waals surface area contributed by atoms with E-state index in [2.05, 4.69) is 10.3 Å². The summed E-state index contributed by atoms with van der Waals surface area (Å²) in [6.07, 6.45) is 3.34. The zero-order valence-corrected chi connectivity index (χ0v) is 13.1. The topological polar surface area (TPSA) is 111 Å². The standard InChI is InChI=1S/C16H14N4O2S/c1-19-16(22)9-4-2-8(3-5-9)10-6-20-7-11-12(10)13(17)14(23-11)15(18)21/h2-7H,17H2,1H3,(H2,18,21)(H,19,22). The Morgan fingerprint density at radius 2 is 1.87 bits per heavy atom. The second-order valence-corrected chi connectivity index (χ2v) is 5.98. The SMILES string of the molecule is CNC(=O)c1ccc(-c2cncc3sc(C(N)=O)c(N)c23)cc1. The summed E-state index contributed by atoms with van der Waals surface area (Å²) in [5, 5.41) is 3.33. The molecule has 1 aromatic carbocycles. The second-order valence-electron chi connectivity index (χ2n) is 4.93. The fourth-order valence-corrected chi connectivity index (χ4v) is 3.39. The van der Waals surface area contributed by atoms with Crippen molar-refractivity contribution >= 4 is 38.9 Å². The summed E-state index contributed by atoms with van der Waals surface area (Å²) in [4.78, 5) is 27.6. The Kier molecular flexibility index (Phi) is 3.71. The third-order valence-electron chi connectivity index (χ3n) is 3.55. The van der Waals surface area contributed by atoms with Crippen molar-refractivity contribution in [2.45, 2.75) is 0 Å². The molecule has 23 heavy (non-hydrogen) atoms. The Balaban J connectivity index is 2.16. The van der Waals surface area contributed by atoms with Gasteiger partial charge in [-0.2, -0.15) is 0 Å². The summed E-state index contributed by atoms with van der Waals surface area (Å²) in [6, 6.07) is 7.10. The van der Waals surface area contributed by atoms with E-state index in [-0.39, 0.29) is 5.91 Å². The molecular formula is C16H14N4O2S. The molecule has 0 aliphatic carbocycles. The monoisotopic (exact) mass is 326 g/mol. The summed E-state index contributed by atoms with van der Waals surface area (Å²) in [5.74, 6) is -0.705. The molecule has 0 unspecified atom stereocenters. The number of anilines is 1. The number of hydrogen-bond acceptors (Lipinski definition) is 5. The van der Waals surface area contributed by atoms with Gasteiger partial charge in [-0.3, -0.25) is 14.6 Å². The average molecular weight is 326 g/mol. The number of aromatic nitrogens is 1. The first kappa shape index (κ1) is 15.0. The van der Waals surface area contributed by atoms with E-state index in [1.54, 1.807) is 31.6 Å². The smallest absolute Gasteiger partial charge is 0.260 e. The van der Waals surface area contributed by atoms with Crippen molar-refractivity contribution in [2.75, 3.05) is 12.8 Å². The van der Waals surface area contributed by atoms with Crippen LogP contribution in [0.15, 0.2) is 36.7 Å². The number of primary amides is 1. The largest absolute Gasteiger partial charge is 0.397 e. The number of pyridine rings is 1. The summed E-state index contributed by atoms with van der Waals surface area (Å²) < 4.78 is 0.796. The molecule has 0 aliphatic rings. The number of thiophene rings is 1. The van der Waals surface area contributed by atoms with Gasteiger partial charge in [0.05, 0.1) is 10.4 Å². The molecule has 0 saturated carbocycles. The minimum absolute atomic E-state index is 0.154. The molecule has 0 radical (unpaired) electrons. The molecule has 0 atom stereocenters. The number of amides is 2. The molecule has 0 saturated heterocycles. The molecule has 0 spiro atoms. The predicted octanol–water partition coefficient (Wildman–Crippen LogP) is 2.00. The van der Waals surface area contributed by atoms with Crippen LogP contribution in [0.25, 0.3) is 21.2 Å². The maximum absolute atomic E-state index is 11.6. The number of hydrogen-bond donors (Lipinski definition) is 3. The number of carbonyl (C=O) groups is 2. The molecule has 0 aliphatic heterocycles. The first-order chi connectivity index (χ1) is 11.0. The third-order valence-corrected chi connectivity index (χ3v) is 4.70. The van der Waals surface area contributed by atoms with Gasteiger partial charge < -0.3 is 16.8 Å². The van der Waals surface area contributed by atoms with Crippen LogP contribution in [0.1, 0.15) is 20.0 Å². The van der Waals surface area contributed by atoms with Crippen LogP contribution in [0.3, 0.4) is 0 Å². The number of nitrogens with zero attached hydrogens (tertiary/aromatic N) is 1. The van der Waals surface area contributed by atoms with Gasteiger partial charge in [-0.25, -0.2) is 0 Å². The number of fused-ring (bicyclic) bond motifs is 1. The van der Waals surface area contributed by atoms with Gasteiger partial charge in [0.2, 0.25) is 0 Å². The Morgan fingerprint density at radius 3 is 2.48 bits per heavy atom. The van der Waals surface area contributed by atoms with E-state index in [0.717, 1.165) is 21.2 Å². The van der Waals surface area contributed by atoms with Gasteiger partial charge in [0.1, 0.15) is 4.88 Å². The molecule has 2 aromatic heterocycles. The molecule has 0 fully saturated rings. The molecule has 116 valence electrons. The van der Waals surface area contributed by atoms with Crippen molar-refractivity contribution in [3.05, 3.63) is 47.1 Å². The van der Waals surface area contributed by atoms with Crippen LogP contribution in [-0.2, 0) is 0 Å². The molecule has 2 heterocycles. The summed E-state index contributed by atoms with van der Waals surface area (Å²) in [6.45, 7) is 0. The van der Waals surface area contributed by atoms with Crippen LogP contribution in [0.2, 0.25) is 0 Å². The van der Waals surface area contributed by atoms with Gasteiger partial charge in [-0.1, -0.05) is 12.1 Å². The Morgan fingerprint density at radius 1 is 1.17 bits per heavy atom. The number of carbonyl (C=O) groups excluding carboxylic acids is 2. The van der Waals surface area contributed by atoms with E-state index >= 15 is 0 Å². The summed E-state index contributed by atoms with van der Waals surface area (Å²) in [5.41, 5.74) is 14.0. The van der Waals surface area contributed by atoms with Crippen LogP contribution < -0.4 is 16.8 Å². The second kappa shape index (κ2) is 5.69. The molecular weight excluding hydrogens is 312 g/mol. The lowest BCUT2D eigenvalue weighted by Crippen LogP contribution is -2.17. The Bertz CT molecular complexity index is 916. The van der Waals surface area contributed by atoms with Crippen molar-refractivity contribution in [1.29, 1.82) is 0 Å². The van der Waals surface area contributed by atoms with Crippen molar-refractivity contribution in [3.63, 3.8) is 0 Å². The van der Waals surface area contributed by atoms with Crippen molar-refractivity contribution in [1.82, 2.24) is 10.3 Å². The maximum atomic E-state index is 11.6. The van der Waals surface area contributed by atoms with Crippen molar-refractivity contribution in [2.24, 2.45) is 5.73 Å². The number of benzene rings is 1. The minimum atomic E-state index is -0.551. The van der Waals surface area contributed by atoms with Crippen molar-refractivity contribution < 1.29 is 9.59 Å². The lowest BCUT2D eigenvalue weighted by Gasteiger charge is -2.06. The van der Waals surface area contributed by atoms with Crippen LogP contribution in [0.5, 0.6) is 0 Å². The lowest BCUT2D eigenvalue weighted by molar-refractivity contribution is 0.0961. The molecule has 0 bridgehead atoms. The van der Waals surface area contributed by atoms with Gasteiger partial charge in [-0.05, 0) is 17.7 Å². The van der Waals surface area contributed by atoms with Crippen LogP contribution >= 0.6 is 11.3 Å². The first-order valence-electron chi connectivity index (χ1n) is 6.81. The molecule has 2 amide bonds. The van der Waals surface area contributed by atoms with Crippen LogP contribution in [-0.4, -0.2) is 23.8 Å². The van der Waals surface area contributed by atoms with Crippen LogP contribution in [0, 0.1) is 0 Å². The number of nitrogens with one attached hydrogen (secondary N) is 1. The molecule has 7 heteroatoms. The Hall–Kier alpha value is -2.93. The zero-order valence-electron chi connectivity index (χ0n) is 12.3. The summed E-state index contributed by atoms with van der Waals surface area (Å²) in [7, 11) is 1.58. The number of nitrogens with two attached hydrogens (primary N) is 2.